The van der Waals surface area contributed by atoms with Crippen LogP contribution in [0.15, 0.2) is 24.3 Å². The molecule has 1 aliphatic heterocycles. The van der Waals surface area contributed by atoms with Crippen LogP contribution in [0.3, 0.4) is 0 Å². The summed E-state index contributed by atoms with van der Waals surface area (Å²) in [7, 11) is 3.49. The Morgan fingerprint density at radius 2 is 1.88 bits per heavy atom. The van der Waals surface area contributed by atoms with Crippen LogP contribution in [0.2, 0.25) is 0 Å². The van der Waals surface area contributed by atoms with Gasteiger partial charge in [-0.25, -0.2) is 0 Å². The van der Waals surface area contributed by atoms with E-state index in [0.717, 1.165) is 11.4 Å². The Kier molecular flexibility index (Phi) is 2.75. The fourth-order valence-corrected chi connectivity index (χ4v) is 2.08. The second kappa shape index (κ2) is 4.08. The number of nitrogens with zero attached hydrogens (tertiary/aromatic N) is 2. The maximum Gasteiger partial charge on any atom is 0.240 e. The minimum atomic E-state index is -0.589. The number of carbonyl (C=O) groups is 2. The highest BCUT2D eigenvalue weighted by atomic mass is 16.2. The number of anilines is 2. The van der Waals surface area contributed by atoms with Crippen molar-refractivity contribution in [3.63, 3.8) is 0 Å². The van der Waals surface area contributed by atoms with Crippen LogP contribution in [0, 0.1) is 0 Å². The summed E-state index contributed by atoms with van der Waals surface area (Å²) in [5, 5.41) is 0. The molecule has 2 N–H and O–H groups in total. The Morgan fingerprint density at radius 1 is 1.29 bits per heavy atom. The molecule has 0 saturated carbocycles. The number of nitrogens with two attached hydrogens (primary N) is 1. The molecule has 0 aliphatic carbocycles. The lowest BCUT2D eigenvalue weighted by Crippen LogP contribution is -2.43. The molecule has 1 aliphatic rings. The normalized spacial score (nSPS) is 19.9. The molecule has 0 bridgehead atoms. The molecule has 17 heavy (non-hydrogen) atoms. The van der Waals surface area contributed by atoms with E-state index in [1.165, 1.54) is 0 Å². The third-order valence-electron chi connectivity index (χ3n) is 3.16. The summed E-state index contributed by atoms with van der Waals surface area (Å²) in [5.74, 6) is -0.587. The van der Waals surface area contributed by atoms with Gasteiger partial charge in [0.1, 0.15) is 6.04 Å². The number of hydrogen-bond acceptors (Lipinski definition) is 3. The van der Waals surface area contributed by atoms with Gasteiger partial charge in [-0.15, -0.1) is 0 Å². The fraction of sp³-hybridized carbons (Fsp3) is 0.333. The van der Waals surface area contributed by atoms with Gasteiger partial charge in [0.2, 0.25) is 11.8 Å². The lowest BCUT2D eigenvalue weighted by atomic mass is 10.1. The molecule has 0 aromatic heterocycles. The van der Waals surface area contributed by atoms with Gasteiger partial charge in [-0.2, -0.15) is 0 Å². The Bertz CT molecular complexity index is 473. The molecule has 1 heterocycles. The highest BCUT2D eigenvalue weighted by Gasteiger charge is 2.31. The summed E-state index contributed by atoms with van der Waals surface area (Å²) >= 11 is 0. The zero-order valence-corrected chi connectivity index (χ0v) is 9.88. The Labute approximate surface area is 99.8 Å². The second-order valence-electron chi connectivity index (χ2n) is 4.17. The van der Waals surface area contributed by atoms with Crippen molar-refractivity contribution < 1.29 is 9.59 Å². The first-order valence-corrected chi connectivity index (χ1v) is 5.40. The first-order valence-electron chi connectivity index (χ1n) is 5.40. The summed E-state index contributed by atoms with van der Waals surface area (Å²) in [5.41, 5.74) is 6.97. The number of para-hydroxylation sites is 2. The van der Waals surface area contributed by atoms with Crippen molar-refractivity contribution in [3.05, 3.63) is 24.3 Å². The van der Waals surface area contributed by atoms with Crippen molar-refractivity contribution in [2.75, 3.05) is 23.9 Å². The Balaban J connectivity index is 2.54. The maximum atomic E-state index is 11.9. The quantitative estimate of drug-likeness (QED) is 0.760. The minimum absolute atomic E-state index is 0.106. The van der Waals surface area contributed by atoms with E-state index < -0.39 is 11.9 Å². The molecular weight excluding hydrogens is 218 g/mol. The maximum absolute atomic E-state index is 11.9. The number of carbonyl (C=O) groups excluding carboxylic acids is 2. The zero-order chi connectivity index (χ0) is 12.6. The minimum Gasteiger partial charge on any atom is -0.368 e. The molecule has 90 valence electrons. The van der Waals surface area contributed by atoms with E-state index in [4.69, 9.17) is 5.73 Å². The average molecular weight is 233 g/mol. The van der Waals surface area contributed by atoms with Crippen molar-refractivity contribution in [2.24, 2.45) is 5.73 Å². The lowest BCUT2D eigenvalue weighted by Gasteiger charge is -2.25. The fourth-order valence-electron chi connectivity index (χ4n) is 2.08. The van der Waals surface area contributed by atoms with Gasteiger partial charge in [-0.05, 0) is 12.1 Å². The van der Waals surface area contributed by atoms with E-state index in [0.29, 0.717) is 0 Å². The standard InChI is InChI=1S/C12H15N3O2/c1-14-8-5-3-4-6-9(8)15(2)11(16)7-10(14)12(13)17/h3-6,10H,7H2,1-2H3,(H2,13,17). The molecule has 2 amide bonds. The van der Waals surface area contributed by atoms with Gasteiger partial charge in [0.15, 0.2) is 0 Å². The highest BCUT2D eigenvalue weighted by Crippen LogP contribution is 2.32. The van der Waals surface area contributed by atoms with Gasteiger partial charge in [-0.1, -0.05) is 12.1 Å². The van der Waals surface area contributed by atoms with Gasteiger partial charge in [0.05, 0.1) is 17.8 Å². The van der Waals surface area contributed by atoms with Gasteiger partial charge >= 0.3 is 0 Å². The van der Waals surface area contributed by atoms with E-state index in [1.54, 1.807) is 23.9 Å². The zero-order valence-electron chi connectivity index (χ0n) is 9.88. The number of hydrogen-bond donors (Lipinski definition) is 1. The van der Waals surface area contributed by atoms with Crippen molar-refractivity contribution in [2.45, 2.75) is 12.5 Å². The third kappa shape index (κ3) is 1.84. The lowest BCUT2D eigenvalue weighted by molar-refractivity contribution is -0.124. The topological polar surface area (TPSA) is 66.6 Å². The van der Waals surface area contributed by atoms with Crippen LogP contribution in [0.4, 0.5) is 11.4 Å². The Morgan fingerprint density at radius 3 is 2.47 bits per heavy atom. The average Bonchev–Trinajstić information content (AvgIpc) is 2.41. The smallest absolute Gasteiger partial charge is 0.240 e. The predicted octanol–water partition coefficient (Wildman–Crippen LogP) is 0.343. The van der Waals surface area contributed by atoms with Gasteiger partial charge < -0.3 is 15.5 Å². The first kappa shape index (κ1) is 11.4. The van der Waals surface area contributed by atoms with Crippen molar-refractivity contribution in [3.8, 4) is 0 Å². The number of primary amides is 1. The van der Waals surface area contributed by atoms with E-state index >= 15 is 0 Å². The molecule has 1 aromatic rings. The number of rotatable bonds is 1. The molecule has 5 nitrogen and oxygen atoms in total. The molecule has 0 fully saturated rings. The molecule has 1 atom stereocenters. The third-order valence-corrected chi connectivity index (χ3v) is 3.16. The van der Waals surface area contributed by atoms with E-state index in [9.17, 15) is 9.59 Å². The predicted molar refractivity (Wildman–Crippen MR) is 65.9 cm³/mol. The van der Waals surface area contributed by atoms with Crippen molar-refractivity contribution in [1.82, 2.24) is 0 Å². The van der Waals surface area contributed by atoms with Crippen molar-refractivity contribution >= 4 is 23.2 Å². The van der Waals surface area contributed by atoms with Gasteiger partial charge in [0.25, 0.3) is 0 Å². The molecule has 5 heteroatoms. The summed E-state index contributed by atoms with van der Waals surface area (Å²) in [6.45, 7) is 0. The number of fused-ring (bicyclic) bond motifs is 1. The SMILES string of the molecule is CN1C(=O)CC(C(N)=O)N(C)c2ccccc21. The summed E-state index contributed by atoms with van der Waals surface area (Å²) in [6.07, 6.45) is 0.108. The Hall–Kier alpha value is -2.04. The van der Waals surface area contributed by atoms with Crippen LogP contribution in [0.25, 0.3) is 0 Å². The summed E-state index contributed by atoms with van der Waals surface area (Å²) < 4.78 is 0. The largest absolute Gasteiger partial charge is 0.368 e. The number of amides is 2. The molecule has 1 aromatic carbocycles. The second-order valence-corrected chi connectivity index (χ2v) is 4.17. The summed E-state index contributed by atoms with van der Waals surface area (Å²) in [4.78, 5) is 26.6. The van der Waals surface area contributed by atoms with Gasteiger partial charge in [-0.3, -0.25) is 9.59 Å². The molecule has 0 spiro atoms. The van der Waals surface area contributed by atoms with Crippen molar-refractivity contribution in [1.29, 1.82) is 0 Å². The van der Waals surface area contributed by atoms with Crippen LogP contribution < -0.4 is 15.5 Å². The van der Waals surface area contributed by atoms with Crippen LogP contribution in [0.1, 0.15) is 6.42 Å². The summed E-state index contributed by atoms with van der Waals surface area (Å²) in [6, 6.07) is 6.87. The van der Waals surface area contributed by atoms with E-state index in [2.05, 4.69) is 0 Å². The molecule has 2 rings (SSSR count). The van der Waals surface area contributed by atoms with Gasteiger partial charge in [0, 0.05) is 14.1 Å². The number of benzene rings is 1. The molecule has 1 unspecified atom stereocenters. The monoisotopic (exact) mass is 233 g/mol. The number of likely N-dealkylation sites (N-methyl/N-ethyl adjacent to an activating group) is 1. The van der Waals surface area contributed by atoms with Crippen LogP contribution in [-0.4, -0.2) is 32.0 Å². The van der Waals surface area contributed by atoms with E-state index in [-0.39, 0.29) is 12.3 Å². The highest BCUT2D eigenvalue weighted by molar-refractivity contribution is 6.02. The molecule has 0 radical (unpaired) electrons. The van der Waals surface area contributed by atoms with Crippen LogP contribution >= 0.6 is 0 Å². The molecular formula is C12H15N3O2. The van der Waals surface area contributed by atoms with Crippen LogP contribution in [-0.2, 0) is 9.59 Å². The molecule has 0 saturated heterocycles. The first-order chi connectivity index (χ1) is 8.02. The van der Waals surface area contributed by atoms with E-state index in [1.807, 2.05) is 24.3 Å². The van der Waals surface area contributed by atoms with Crippen LogP contribution in [0.5, 0.6) is 0 Å².